The molecule has 0 saturated carbocycles. The van der Waals surface area contributed by atoms with Gasteiger partial charge in [-0.05, 0) is 43.9 Å². The first-order valence-corrected chi connectivity index (χ1v) is 6.60. The fraction of sp³-hybridized carbons (Fsp3) is 0.333. The van der Waals surface area contributed by atoms with Crippen LogP contribution in [0, 0.1) is 6.92 Å². The number of H-pyrrole nitrogens is 1. The first kappa shape index (κ1) is 12.0. The third kappa shape index (κ3) is 2.14. The Balaban J connectivity index is 2.12. The van der Waals surface area contributed by atoms with Crippen LogP contribution in [0.25, 0.3) is 10.9 Å². The number of hydrogen-bond acceptors (Lipinski definition) is 2. The molecule has 0 bridgehead atoms. The van der Waals surface area contributed by atoms with Gasteiger partial charge in [0.25, 0.3) is 0 Å². The van der Waals surface area contributed by atoms with Crippen LogP contribution < -0.4 is 5.43 Å². The maximum Gasteiger partial charge on any atom is 0.236 e. The number of aromatic amines is 1. The van der Waals surface area contributed by atoms with Crippen LogP contribution in [0.15, 0.2) is 23.3 Å². The lowest BCUT2D eigenvalue weighted by atomic mass is 9.94. The van der Waals surface area contributed by atoms with E-state index in [0.717, 1.165) is 36.2 Å². The highest BCUT2D eigenvalue weighted by Crippen LogP contribution is 2.29. The van der Waals surface area contributed by atoms with Crippen molar-refractivity contribution in [1.29, 1.82) is 0 Å². The van der Waals surface area contributed by atoms with E-state index in [1.54, 1.807) is 0 Å². The number of aryl methyl sites for hydroxylation is 2. The van der Waals surface area contributed by atoms with E-state index in [0.29, 0.717) is 0 Å². The lowest BCUT2D eigenvalue weighted by Gasteiger charge is -2.13. The number of amides is 1. The Labute approximate surface area is 111 Å². The normalized spacial score (nSPS) is 16.6. The fourth-order valence-electron chi connectivity index (χ4n) is 2.68. The minimum absolute atomic E-state index is 0.133. The van der Waals surface area contributed by atoms with Crippen molar-refractivity contribution >= 4 is 22.5 Å². The van der Waals surface area contributed by atoms with Crippen molar-refractivity contribution in [2.75, 3.05) is 0 Å². The SMILES string of the molecule is CC(=O)N/N=C1\CCCc2c1[nH]c1ccc(C)cc21. The van der Waals surface area contributed by atoms with E-state index in [-0.39, 0.29) is 5.91 Å². The maximum absolute atomic E-state index is 11.0. The van der Waals surface area contributed by atoms with Gasteiger partial charge in [0.1, 0.15) is 0 Å². The molecule has 1 heterocycles. The summed E-state index contributed by atoms with van der Waals surface area (Å²) in [5, 5.41) is 5.51. The lowest BCUT2D eigenvalue weighted by molar-refractivity contribution is -0.118. The smallest absolute Gasteiger partial charge is 0.236 e. The Kier molecular flexibility index (Phi) is 2.85. The molecule has 0 aliphatic heterocycles. The van der Waals surface area contributed by atoms with Gasteiger partial charge in [0, 0.05) is 17.8 Å². The molecule has 19 heavy (non-hydrogen) atoms. The Morgan fingerprint density at radius 1 is 1.37 bits per heavy atom. The van der Waals surface area contributed by atoms with Crippen LogP contribution in [0.5, 0.6) is 0 Å². The maximum atomic E-state index is 11.0. The summed E-state index contributed by atoms with van der Waals surface area (Å²) in [6.07, 6.45) is 3.04. The fourth-order valence-corrected chi connectivity index (χ4v) is 2.68. The molecule has 1 aliphatic rings. The first-order chi connectivity index (χ1) is 9.15. The Bertz CT molecular complexity index is 682. The van der Waals surface area contributed by atoms with Crippen molar-refractivity contribution in [2.45, 2.75) is 33.1 Å². The average molecular weight is 255 g/mol. The molecular weight excluding hydrogens is 238 g/mol. The third-order valence-corrected chi connectivity index (χ3v) is 3.54. The number of fused-ring (bicyclic) bond motifs is 3. The predicted molar refractivity (Wildman–Crippen MR) is 76.3 cm³/mol. The second kappa shape index (κ2) is 4.53. The zero-order chi connectivity index (χ0) is 13.4. The summed E-state index contributed by atoms with van der Waals surface area (Å²) in [5.41, 5.74) is 8.31. The molecule has 4 heteroatoms. The molecule has 0 radical (unpaired) electrons. The number of hydrazone groups is 1. The topological polar surface area (TPSA) is 57.2 Å². The summed E-state index contributed by atoms with van der Waals surface area (Å²) in [4.78, 5) is 14.4. The molecule has 3 rings (SSSR count). The summed E-state index contributed by atoms with van der Waals surface area (Å²) in [7, 11) is 0. The van der Waals surface area contributed by atoms with Crippen LogP contribution >= 0.6 is 0 Å². The summed E-state index contributed by atoms with van der Waals surface area (Å²) in [6, 6.07) is 6.43. The van der Waals surface area contributed by atoms with E-state index >= 15 is 0 Å². The van der Waals surface area contributed by atoms with E-state index in [4.69, 9.17) is 0 Å². The molecule has 0 saturated heterocycles. The first-order valence-electron chi connectivity index (χ1n) is 6.60. The zero-order valence-corrected chi connectivity index (χ0v) is 11.2. The van der Waals surface area contributed by atoms with E-state index < -0.39 is 0 Å². The van der Waals surface area contributed by atoms with Crippen molar-refractivity contribution in [1.82, 2.24) is 10.4 Å². The minimum atomic E-state index is -0.133. The summed E-state index contributed by atoms with van der Waals surface area (Å²) in [6.45, 7) is 3.58. The highest BCUT2D eigenvalue weighted by atomic mass is 16.2. The number of hydrogen-bond donors (Lipinski definition) is 2. The lowest BCUT2D eigenvalue weighted by Crippen LogP contribution is -2.19. The van der Waals surface area contributed by atoms with Gasteiger partial charge in [-0.1, -0.05) is 11.6 Å². The van der Waals surface area contributed by atoms with E-state index in [9.17, 15) is 4.79 Å². The molecule has 1 aromatic heterocycles. The molecule has 0 unspecified atom stereocenters. The van der Waals surface area contributed by atoms with Gasteiger partial charge in [0.05, 0.1) is 11.4 Å². The molecule has 4 nitrogen and oxygen atoms in total. The molecule has 2 N–H and O–H groups in total. The number of carbonyl (C=O) groups is 1. The van der Waals surface area contributed by atoms with Gasteiger partial charge in [-0.15, -0.1) is 0 Å². The number of nitrogens with zero attached hydrogens (tertiary/aromatic N) is 1. The number of rotatable bonds is 1. The van der Waals surface area contributed by atoms with E-state index in [1.165, 1.54) is 23.4 Å². The number of carbonyl (C=O) groups excluding carboxylic acids is 1. The van der Waals surface area contributed by atoms with Crippen molar-refractivity contribution in [3.63, 3.8) is 0 Å². The Morgan fingerprint density at radius 2 is 2.21 bits per heavy atom. The van der Waals surface area contributed by atoms with E-state index in [2.05, 4.69) is 40.6 Å². The van der Waals surface area contributed by atoms with Gasteiger partial charge < -0.3 is 4.98 Å². The van der Waals surface area contributed by atoms with Crippen LogP contribution in [0.3, 0.4) is 0 Å². The van der Waals surface area contributed by atoms with Crippen molar-refractivity contribution in [2.24, 2.45) is 5.10 Å². The van der Waals surface area contributed by atoms with Gasteiger partial charge >= 0.3 is 0 Å². The number of nitrogens with one attached hydrogen (secondary N) is 2. The molecule has 0 fully saturated rings. The highest BCUT2D eigenvalue weighted by Gasteiger charge is 2.20. The summed E-state index contributed by atoms with van der Waals surface area (Å²) >= 11 is 0. The molecular formula is C15H17N3O. The molecule has 0 spiro atoms. The molecule has 0 atom stereocenters. The van der Waals surface area contributed by atoms with Gasteiger partial charge in [-0.25, -0.2) is 5.43 Å². The number of benzene rings is 1. The molecule has 1 amide bonds. The molecule has 98 valence electrons. The van der Waals surface area contributed by atoms with Crippen LogP contribution in [0.4, 0.5) is 0 Å². The van der Waals surface area contributed by atoms with Gasteiger partial charge in [-0.2, -0.15) is 5.10 Å². The molecule has 1 aromatic carbocycles. The van der Waals surface area contributed by atoms with E-state index in [1.807, 2.05) is 0 Å². The quantitative estimate of drug-likeness (QED) is 0.756. The van der Waals surface area contributed by atoms with Crippen molar-refractivity contribution in [3.8, 4) is 0 Å². The second-order valence-corrected chi connectivity index (χ2v) is 5.11. The third-order valence-electron chi connectivity index (χ3n) is 3.54. The zero-order valence-electron chi connectivity index (χ0n) is 11.2. The average Bonchev–Trinajstić information content (AvgIpc) is 2.75. The highest BCUT2D eigenvalue weighted by molar-refractivity contribution is 6.06. The van der Waals surface area contributed by atoms with Crippen LogP contribution in [0.2, 0.25) is 0 Å². The predicted octanol–water partition coefficient (Wildman–Crippen LogP) is 2.65. The van der Waals surface area contributed by atoms with Crippen LogP contribution in [0.1, 0.15) is 36.6 Å². The van der Waals surface area contributed by atoms with Crippen molar-refractivity contribution < 1.29 is 4.79 Å². The van der Waals surface area contributed by atoms with Gasteiger partial charge in [0.2, 0.25) is 5.91 Å². The monoisotopic (exact) mass is 255 g/mol. The largest absolute Gasteiger partial charge is 0.353 e. The second-order valence-electron chi connectivity index (χ2n) is 5.11. The Morgan fingerprint density at radius 3 is 3.00 bits per heavy atom. The van der Waals surface area contributed by atoms with Gasteiger partial charge in [0.15, 0.2) is 0 Å². The summed E-state index contributed by atoms with van der Waals surface area (Å²) in [5.74, 6) is -0.133. The van der Waals surface area contributed by atoms with Crippen LogP contribution in [-0.2, 0) is 11.2 Å². The molecule has 2 aromatic rings. The van der Waals surface area contributed by atoms with Crippen LogP contribution in [-0.4, -0.2) is 16.6 Å². The van der Waals surface area contributed by atoms with Crippen molar-refractivity contribution in [3.05, 3.63) is 35.0 Å². The standard InChI is InChI=1S/C15H17N3O/c1-9-6-7-13-12(8-9)11-4-3-5-14(15(11)16-13)18-17-10(2)19/h6-8,16H,3-5H2,1-2H3,(H,17,19)/b18-14+. The number of aromatic nitrogens is 1. The molecule has 1 aliphatic carbocycles. The Hall–Kier alpha value is -2.10. The van der Waals surface area contributed by atoms with Gasteiger partial charge in [-0.3, -0.25) is 4.79 Å². The minimum Gasteiger partial charge on any atom is -0.353 e. The summed E-state index contributed by atoms with van der Waals surface area (Å²) < 4.78 is 0.